The zero-order valence-electron chi connectivity index (χ0n) is 19.3. The molecule has 0 spiro atoms. The van der Waals surface area contributed by atoms with Gasteiger partial charge in [0.1, 0.15) is 21.8 Å². The Hall–Kier alpha value is -4.44. The summed E-state index contributed by atoms with van der Waals surface area (Å²) in [5.41, 5.74) is -0.385. The Kier molecular flexibility index (Phi) is 5.53. The van der Waals surface area contributed by atoms with Crippen LogP contribution in [0.2, 0.25) is 0 Å². The van der Waals surface area contributed by atoms with Gasteiger partial charge in [-0.05, 0) is 42.0 Å². The van der Waals surface area contributed by atoms with E-state index in [1.54, 1.807) is 48.5 Å². The molecule has 2 aromatic heterocycles. The predicted octanol–water partition coefficient (Wildman–Crippen LogP) is 4.89. The van der Waals surface area contributed by atoms with Crippen LogP contribution in [0.15, 0.2) is 84.5 Å². The summed E-state index contributed by atoms with van der Waals surface area (Å²) in [6, 6.07) is 15.9. The van der Waals surface area contributed by atoms with Gasteiger partial charge >= 0.3 is 5.63 Å². The van der Waals surface area contributed by atoms with Crippen LogP contribution in [0.3, 0.4) is 0 Å². The Labute approximate surface area is 212 Å². The molecule has 1 aliphatic rings. The van der Waals surface area contributed by atoms with Crippen LogP contribution in [0.25, 0.3) is 21.9 Å². The molecule has 10 heteroatoms. The molecule has 6 rings (SSSR count). The highest BCUT2D eigenvalue weighted by atomic mass is 32.2. The van der Waals surface area contributed by atoms with E-state index in [0.29, 0.717) is 38.6 Å². The molecule has 0 bridgehead atoms. The minimum Gasteiger partial charge on any atom is -0.505 e. The number of fused-ring (bicyclic) bond motifs is 4. The van der Waals surface area contributed by atoms with Crippen molar-refractivity contribution in [3.8, 4) is 23.0 Å². The van der Waals surface area contributed by atoms with Crippen molar-refractivity contribution >= 4 is 33.6 Å². The van der Waals surface area contributed by atoms with E-state index in [1.165, 1.54) is 23.8 Å². The first-order chi connectivity index (χ1) is 17.9. The lowest BCUT2D eigenvalue weighted by Gasteiger charge is -2.15. The number of benzene rings is 3. The highest BCUT2D eigenvalue weighted by Gasteiger charge is 2.25. The van der Waals surface area contributed by atoms with Crippen molar-refractivity contribution in [2.75, 3.05) is 13.9 Å². The van der Waals surface area contributed by atoms with Crippen LogP contribution in [0.4, 0.5) is 4.39 Å². The Bertz CT molecular complexity index is 1810. The van der Waals surface area contributed by atoms with Crippen molar-refractivity contribution in [3.05, 3.63) is 92.8 Å². The molecule has 186 valence electrons. The van der Waals surface area contributed by atoms with Crippen molar-refractivity contribution in [2.24, 2.45) is 0 Å². The van der Waals surface area contributed by atoms with Crippen molar-refractivity contribution in [3.63, 3.8) is 0 Å². The Morgan fingerprint density at radius 2 is 1.81 bits per heavy atom. The highest BCUT2D eigenvalue weighted by molar-refractivity contribution is 7.99. The molecule has 3 aromatic carbocycles. The molecule has 0 aliphatic carbocycles. The van der Waals surface area contributed by atoms with Crippen molar-refractivity contribution in [2.45, 2.75) is 16.3 Å². The topological polar surface area (TPSA) is 100 Å². The maximum Gasteiger partial charge on any atom is 0.354 e. The molecule has 3 heterocycles. The largest absolute Gasteiger partial charge is 0.505 e. The van der Waals surface area contributed by atoms with Gasteiger partial charge < -0.3 is 28.3 Å². The second-order valence-electron chi connectivity index (χ2n) is 8.29. The summed E-state index contributed by atoms with van der Waals surface area (Å²) in [6.45, 7) is 0.0738. The molecule has 0 saturated heterocycles. The van der Waals surface area contributed by atoms with Gasteiger partial charge in [0.15, 0.2) is 22.8 Å². The molecule has 5 aromatic rings. The Morgan fingerprint density at radius 3 is 2.57 bits per heavy atom. The van der Waals surface area contributed by atoms with Crippen molar-refractivity contribution < 1.29 is 28.1 Å². The number of pyridine rings is 1. The number of nitrogens with zero attached hydrogens (tertiary/aromatic N) is 1. The fourth-order valence-corrected chi connectivity index (χ4v) is 5.16. The van der Waals surface area contributed by atoms with Gasteiger partial charge in [0, 0.05) is 16.3 Å². The number of rotatable bonds is 5. The molecular formula is C27H18FNO7S. The predicted molar refractivity (Wildman–Crippen MR) is 135 cm³/mol. The molecule has 0 amide bonds. The fourth-order valence-electron chi connectivity index (χ4n) is 4.28. The number of aromatic nitrogens is 1. The second kappa shape index (κ2) is 8.90. The second-order valence-corrected chi connectivity index (χ2v) is 9.38. The number of methoxy groups -OCH3 is 1. The van der Waals surface area contributed by atoms with Crippen LogP contribution < -0.4 is 25.4 Å². The maximum atomic E-state index is 13.8. The van der Waals surface area contributed by atoms with E-state index in [0.717, 1.165) is 11.8 Å². The highest BCUT2D eigenvalue weighted by Crippen LogP contribution is 2.41. The molecule has 1 aliphatic heterocycles. The molecule has 0 fully saturated rings. The smallest absolute Gasteiger partial charge is 0.354 e. The van der Waals surface area contributed by atoms with Gasteiger partial charge in [0.05, 0.1) is 19.2 Å². The van der Waals surface area contributed by atoms with E-state index in [1.807, 2.05) is 0 Å². The SMILES string of the molecule is COc1cccc(Sc2c(O)c3c(=O)n(Cc4ccc(F)cc4)c4cc5c(cc4c3oc2=O)OCO5)c1. The molecule has 0 radical (unpaired) electrons. The van der Waals surface area contributed by atoms with Gasteiger partial charge in [-0.15, -0.1) is 0 Å². The molecule has 0 saturated carbocycles. The minimum atomic E-state index is -0.799. The van der Waals surface area contributed by atoms with Gasteiger partial charge in [-0.25, -0.2) is 9.18 Å². The lowest BCUT2D eigenvalue weighted by atomic mass is 10.1. The summed E-state index contributed by atoms with van der Waals surface area (Å²) < 4.78 is 36.8. The van der Waals surface area contributed by atoms with E-state index >= 15 is 0 Å². The van der Waals surface area contributed by atoms with E-state index in [9.17, 15) is 19.1 Å². The first-order valence-corrected chi connectivity index (χ1v) is 12.0. The molecular weight excluding hydrogens is 501 g/mol. The van der Waals surface area contributed by atoms with Crippen molar-refractivity contribution in [1.82, 2.24) is 4.57 Å². The summed E-state index contributed by atoms with van der Waals surface area (Å²) in [5.74, 6) is 0.518. The van der Waals surface area contributed by atoms with Crippen LogP contribution in [-0.4, -0.2) is 23.6 Å². The summed E-state index contributed by atoms with van der Waals surface area (Å²) in [4.78, 5) is 27.3. The zero-order chi connectivity index (χ0) is 25.7. The standard InChI is InChI=1S/C27H18FNO7S/c1-33-16-3-2-4-17(9-16)37-25-23(30)22-24(36-27(25)32)18-10-20-21(35-13-34-20)11-19(18)29(26(22)31)12-14-5-7-15(28)8-6-14/h2-11,30H,12-13H2,1H3. The summed E-state index contributed by atoms with van der Waals surface area (Å²) in [6.07, 6.45) is 0. The average Bonchev–Trinajstić information content (AvgIpc) is 3.36. The molecule has 0 atom stereocenters. The number of hydrogen-bond donors (Lipinski definition) is 1. The van der Waals surface area contributed by atoms with E-state index < -0.39 is 22.8 Å². The lowest BCUT2D eigenvalue weighted by molar-refractivity contribution is 0.174. The van der Waals surface area contributed by atoms with E-state index in [4.69, 9.17) is 18.6 Å². The number of aromatic hydroxyl groups is 1. The number of ether oxygens (including phenoxy) is 3. The summed E-state index contributed by atoms with van der Waals surface area (Å²) in [7, 11) is 1.52. The normalized spacial score (nSPS) is 12.4. The van der Waals surface area contributed by atoms with Gasteiger partial charge in [0.2, 0.25) is 6.79 Å². The fraction of sp³-hybridized carbons (Fsp3) is 0.111. The average molecular weight is 520 g/mol. The minimum absolute atomic E-state index is 0.00229. The Morgan fingerprint density at radius 1 is 1.05 bits per heavy atom. The zero-order valence-corrected chi connectivity index (χ0v) is 20.1. The third kappa shape index (κ3) is 3.95. The van der Waals surface area contributed by atoms with Gasteiger partial charge in [0.25, 0.3) is 5.56 Å². The van der Waals surface area contributed by atoms with Gasteiger partial charge in [-0.3, -0.25) is 4.79 Å². The third-order valence-corrected chi connectivity index (χ3v) is 7.11. The summed E-state index contributed by atoms with van der Waals surface area (Å²) >= 11 is 0.960. The van der Waals surface area contributed by atoms with Gasteiger partial charge in [-0.1, -0.05) is 30.0 Å². The Balaban J connectivity index is 1.62. The number of hydrogen-bond acceptors (Lipinski definition) is 8. The lowest BCUT2D eigenvalue weighted by Crippen LogP contribution is -2.23. The number of halogens is 1. The third-order valence-electron chi connectivity index (χ3n) is 6.06. The molecule has 1 N–H and O–H groups in total. The van der Waals surface area contributed by atoms with Crippen molar-refractivity contribution in [1.29, 1.82) is 0 Å². The molecule has 8 nitrogen and oxygen atoms in total. The van der Waals surface area contributed by atoms with E-state index in [-0.39, 0.29) is 29.2 Å². The van der Waals surface area contributed by atoms with Crippen LogP contribution in [0, 0.1) is 5.82 Å². The van der Waals surface area contributed by atoms with Crippen LogP contribution in [0.1, 0.15) is 5.56 Å². The van der Waals surface area contributed by atoms with E-state index in [2.05, 4.69) is 0 Å². The maximum absolute atomic E-state index is 13.8. The van der Waals surface area contributed by atoms with Crippen LogP contribution >= 0.6 is 11.8 Å². The molecule has 0 unspecified atom stereocenters. The molecule has 37 heavy (non-hydrogen) atoms. The van der Waals surface area contributed by atoms with Crippen LogP contribution in [0.5, 0.6) is 23.0 Å². The quantitative estimate of drug-likeness (QED) is 0.328. The van der Waals surface area contributed by atoms with Crippen LogP contribution in [-0.2, 0) is 6.54 Å². The first kappa shape index (κ1) is 23.0. The van der Waals surface area contributed by atoms with Gasteiger partial charge in [-0.2, -0.15) is 0 Å². The summed E-state index contributed by atoms with van der Waals surface area (Å²) in [5, 5.41) is 11.5. The monoisotopic (exact) mass is 519 g/mol. The first-order valence-electron chi connectivity index (χ1n) is 11.1.